The SMILES string of the molecule is CSCCC(C)N(C)C(C)C(=O)Nc1ccccc1C#N. The molecule has 0 radical (unpaired) electrons. The van der Waals surface area contributed by atoms with Crippen molar-refractivity contribution >= 4 is 23.4 Å². The van der Waals surface area contributed by atoms with Gasteiger partial charge in [0.05, 0.1) is 17.3 Å². The number of para-hydroxylation sites is 1. The highest BCUT2D eigenvalue weighted by Crippen LogP contribution is 2.15. The van der Waals surface area contributed by atoms with E-state index >= 15 is 0 Å². The van der Waals surface area contributed by atoms with Gasteiger partial charge in [-0.2, -0.15) is 17.0 Å². The summed E-state index contributed by atoms with van der Waals surface area (Å²) in [5, 5.41) is 11.9. The van der Waals surface area contributed by atoms with Crippen LogP contribution >= 0.6 is 11.8 Å². The van der Waals surface area contributed by atoms with Gasteiger partial charge in [0.25, 0.3) is 0 Å². The van der Waals surface area contributed by atoms with E-state index < -0.39 is 0 Å². The summed E-state index contributed by atoms with van der Waals surface area (Å²) in [6.07, 6.45) is 3.13. The van der Waals surface area contributed by atoms with Crippen LogP contribution in [0.1, 0.15) is 25.8 Å². The van der Waals surface area contributed by atoms with Crippen molar-refractivity contribution in [3.63, 3.8) is 0 Å². The number of benzene rings is 1. The first-order valence-corrected chi connectivity index (χ1v) is 8.41. The van der Waals surface area contributed by atoms with Crippen LogP contribution in [0, 0.1) is 11.3 Å². The highest BCUT2D eigenvalue weighted by Gasteiger charge is 2.22. The summed E-state index contributed by atoms with van der Waals surface area (Å²) >= 11 is 1.81. The first kappa shape index (κ1) is 17.5. The van der Waals surface area contributed by atoms with Gasteiger partial charge in [0.1, 0.15) is 6.07 Å². The molecule has 0 bridgehead atoms. The number of hydrogen-bond donors (Lipinski definition) is 1. The minimum absolute atomic E-state index is 0.0869. The standard InChI is InChI=1S/C16H23N3OS/c1-12(9-10-21-4)19(3)13(2)16(20)18-15-8-6-5-7-14(15)11-17/h5-8,12-13H,9-10H2,1-4H3,(H,18,20). The Labute approximate surface area is 131 Å². The van der Waals surface area contributed by atoms with E-state index in [0.29, 0.717) is 17.3 Å². The smallest absolute Gasteiger partial charge is 0.241 e. The molecule has 1 aromatic carbocycles. The molecule has 0 aromatic heterocycles. The van der Waals surface area contributed by atoms with E-state index in [1.54, 1.807) is 18.2 Å². The third kappa shape index (κ3) is 5.07. The summed E-state index contributed by atoms with van der Waals surface area (Å²) in [7, 11) is 1.96. The molecule has 1 amide bonds. The lowest BCUT2D eigenvalue weighted by Crippen LogP contribution is -2.44. The van der Waals surface area contributed by atoms with Crippen molar-refractivity contribution < 1.29 is 4.79 Å². The van der Waals surface area contributed by atoms with Gasteiger partial charge < -0.3 is 5.32 Å². The van der Waals surface area contributed by atoms with Crippen molar-refractivity contribution in [3.05, 3.63) is 29.8 Å². The van der Waals surface area contributed by atoms with Crippen LogP contribution in [0.3, 0.4) is 0 Å². The number of amides is 1. The molecule has 2 atom stereocenters. The van der Waals surface area contributed by atoms with Crippen LogP contribution in [0.5, 0.6) is 0 Å². The summed E-state index contributed by atoms with van der Waals surface area (Å²) in [5.41, 5.74) is 1.05. The maximum atomic E-state index is 12.3. The zero-order valence-corrected chi connectivity index (χ0v) is 13.9. The van der Waals surface area contributed by atoms with Crippen molar-refractivity contribution in [1.29, 1.82) is 5.26 Å². The topological polar surface area (TPSA) is 56.1 Å². The zero-order valence-electron chi connectivity index (χ0n) is 13.1. The molecule has 1 rings (SSSR count). The second-order valence-electron chi connectivity index (χ2n) is 5.12. The van der Waals surface area contributed by atoms with E-state index in [1.807, 2.05) is 31.8 Å². The van der Waals surface area contributed by atoms with Crippen LogP contribution < -0.4 is 5.32 Å². The molecule has 1 N–H and O–H groups in total. The Bertz CT molecular complexity index is 512. The quantitative estimate of drug-likeness (QED) is 0.841. The number of nitriles is 1. The van der Waals surface area contributed by atoms with Gasteiger partial charge in [0.15, 0.2) is 0 Å². The molecule has 0 spiro atoms. The van der Waals surface area contributed by atoms with Crippen LogP contribution in [0.4, 0.5) is 5.69 Å². The molecule has 0 aliphatic carbocycles. The van der Waals surface area contributed by atoms with Gasteiger partial charge >= 0.3 is 0 Å². The van der Waals surface area contributed by atoms with E-state index in [4.69, 9.17) is 5.26 Å². The molecule has 5 heteroatoms. The molecule has 4 nitrogen and oxygen atoms in total. The minimum Gasteiger partial charge on any atom is -0.324 e. The highest BCUT2D eigenvalue weighted by atomic mass is 32.2. The van der Waals surface area contributed by atoms with Crippen LogP contribution in [-0.2, 0) is 4.79 Å². The summed E-state index contributed by atoms with van der Waals surface area (Å²) in [6, 6.07) is 9.23. The summed E-state index contributed by atoms with van der Waals surface area (Å²) in [5.74, 6) is 0.994. The molecule has 0 heterocycles. The molecule has 1 aromatic rings. The Morgan fingerprint density at radius 1 is 1.43 bits per heavy atom. The van der Waals surface area contributed by atoms with Crippen molar-refractivity contribution in [2.75, 3.05) is 24.4 Å². The fourth-order valence-corrected chi connectivity index (χ4v) is 2.56. The Balaban J connectivity index is 2.68. The third-order valence-corrected chi connectivity index (χ3v) is 4.37. The number of carbonyl (C=O) groups excluding carboxylic acids is 1. The molecule has 0 saturated carbocycles. The largest absolute Gasteiger partial charge is 0.324 e. The normalized spacial score (nSPS) is 13.5. The van der Waals surface area contributed by atoms with Gasteiger partial charge in [0, 0.05) is 6.04 Å². The van der Waals surface area contributed by atoms with Gasteiger partial charge in [-0.05, 0) is 51.5 Å². The monoisotopic (exact) mass is 305 g/mol. The predicted molar refractivity (Wildman–Crippen MR) is 89.5 cm³/mol. The fourth-order valence-electron chi connectivity index (χ4n) is 1.99. The van der Waals surface area contributed by atoms with E-state index in [9.17, 15) is 4.79 Å². The van der Waals surface area contributed by atoms with Gasteiger partial charge in [-0.1, -0.05) is 12.1 Å². The predicted octanol–water partition coefficient (Wildman–Crippen LogP) is 2.96. The van der Waals surface area contributed by atoms with Crippen LogP contribution in [0.2, 0.25) is 0 Å². The van der Waals surface area contributed by atoms with Gasteiger partial charge in [0.2, 0.25) is 5.91 Å². The molecule has 114 valence electrons. The van der Waals surface area contributed by atoms with Crippen molar-refractivity contribution in [2.24, 2.45) is 0 Å². The first-order valence-electron chi connectivity index (χ1n) is 7.02. The van der Waals surface area contributed by atoms with E-state index in [-0.39, 0.29) is 11.9 Å². The summed E-state index contributed by atoms with van der Waals surface area (Å²) in [4.78, 5) is 14.4. The number of hydrogen-bond acceptors (Lipinski definition) is 4. The Kier molecular flexibility index (Phi) is 7.27. The number of nitrogens with zero attached hydrogens (tertiary/aromatic N) is 2. The number of thioether (sulfide) groups is 1. The van der Waals surface area contributed by atoms with Gasteiger partial charge in [-0.25, -0.2) is 0 Å². The summed E-state index contributed by atoms with van der Waals surface area (Å²) in [6.45, 7) is 4.02. The molecule has 0 aliphatic rings. The van der Waals surface area contributed by atoms with Crippen molar-refractivity contribution in [1.82, 2.24) is 4.90 Å². The maximum Gasteiger partial charge on any atom is 0.241 e. The van der Waals surface area contributed by atoms with E-state index in [1.165, 1.54) is 0 Å². The Hall–Kier alpha value is -1.51. The molecular formula is C16H23N3OS. The number of nitrogens with one attached hydrogen (secondary N) is 1. The van der Waals surface area contributed by atoms with E-state index in [0.717, 1.165) is 12.2 Å². The van der Waals surface area contributed by atoms with Crippen LogP contribution in [0.25, 0.3) is 0 Å². The second kappa shape index (κ2) is 8.71. The number of carbonyl (C=O) groups is 1. The van der Waals surface area contributed by atoms with Crippen LogP contribution in [0.15, 0.2) is 24.3 Å². The van der Waals surface area contributed by atoms with Crippen molar-refractivity contribution in [2.45, 2.75) is 32.4 Å². The van der Waals surface area contributed by atoms with Gasteiger partial charge in [-0.15, -0.1) is 0 Å². The maximum absolute atomic E-state index is 12.3. The first-order chi connectivity index (χ1) is 10.0. The van der Waals surface area contributed by atoms with Crippen molar-refractivity contribution in [3.8, 4) is 6.07 Å². The molecule has 0 aliphatic heterocycles. The molecule has 0 saturated heterocycles. The van der Waals surface area contributed by atoms with Gasteiger partial charge in [-0.3, -0.25) is 9.69 Å². The Morgan fingerprint density at radius 2 is 2.10 bits per heavy atom. The zero-order chi connectivity index (χ0) is 15.8. The Morgan fingerprint density at radius 3 is 2.71 bits per heavy atom. The molecule has 21 heavy (non-hydrogen) atoms. The lowest BCUT2D eigenvalue weighted by Gasteiger charge is -2.30. The van der Waals surface area contributed by atoms with E-state index in [2.05, 4.69) is 29.5 Å². The molecule has 0 fully saturated rings. The molecular weight excluding hydrogens is 282 g/mol. The number of rotatable bonds is 7. The number of anilines is 1. The average Bonchev–Trinajstić information content (AvgIpc) is 2.51. The van der Waals surface area contributed by atoms with Crippen LogP contribution in [-0.4, -0.2) is 41.9 Å². The third-order valence-electron chi connectivity index (χ3n) is 3.73. The second-order valence-corrected chi connectivity index (χ2v) is 6.10. The fraction of sp³-hybridized carbons (Fsp3) is 0.500. The summed E-state index contributed by atoms with van der Waals surface area (Å²) < 4.78 is 0. The lowest BCUT2D eigenvalue weighted by molar-refractivity contribution is -0.120. The minimum atomic E-state index is -0.242. The average molecular weight is 305 g/mol. The lowest BCUT2D eigenvalue weighted by atomic mass is 10.1. The molecule has 2 unspecified atom stereocenters. The number of likely N-dealkylation sites (N-methyl/N-ethyl adjacent to an activating group) is 1. The highest BCUT2D eigenvalue weighted by molar-refractivity contribution is 7.98.